The van der Waals surface area contributed by atoms with Gasteiger partial charge >= 0.3 is 0 Å². The first-order chi connectivity index (χ1) is 10.1. The zero-order chi connectivity index (χ0) is 15.2. The van der Waals surface area contributed by atoms with Crippen LogP contribution in [-0.4, -0.2) is 24.6 Å². The Labute approximate surface area is 134 Å². The first-order valence-electron chi connectivity index (χ1n) is 7.54. The SMILES string of the molecule is CCC(N)Cc1ccc(OCCC(=O)NC2CC2)c(Br)c1. The zero-order valence-corrected chi connectivity index (χ0v) is 14.0. The molecule has 0 spiro atoms. The fourth-order valence-corrected chi connectivity index (χ4v) is 2.56. The van der Waals surface area contributed by atoms with E-state index in [4.69, 9.17) is 10.5 Å². The summed E-state index contributed by atoms with van der Waals surface area (Å²) >= 11 is 3.51. The van der Waals surface area contributed by atoms with Crippen molar-refractivity contribution in [1.82, 2.24) is 5.32 Å². The third kappa shape index (κ3) is 5.67. The number of carbonyl (C=O) groups is 1. The van der Waals surface area contributed by atoms with Gasteiger partial charge in [0.2, 0.25) is 5.91 Å². The van der Waals surface area contributed by atoms with Crippen LogP contribution in [0.25, 0.3) is 0 Å². The normalized spacial score (nSPS) is 15.6. The maximum Gasteiger partial charge on any atom is 0.223 e. The molecule has 0 aromatic heterocycles. The van der Waals surface area contributed by atoms with Crippen molar-refractivity contribution in [3.05, 3.63) is 28.2 Å². The van der Waals surface area contributed by atoms with Crippen molar-refractivity contribution in [3.8, 4) is 5.75 Å². The van der Waals surface area contributed by atoms with Crippen LogP contribution in [0.1, 0.15) is 38.2 Å². The Kier molecular flexibility index (Phi) is 6.06. The lowest BCUT2D eigenvalue weighted by Gasteiger charge is -2.12. The molecule has 5 heteroatoms. The van der Waals surface area contributed by atoms with Crippen LogP contribution in [0.15, 0.2) is 22.7 Å². The smallest absolute Gasteiger partial charge is 0.223 e. The summed E-state index contributed by atoms with van der Waals surface area (Å²) in [5, 5.41) is 2.95. The van der Waals surface area contributed by atoms with Crippen LogP contribution < -0.4 is 15.8 Å². The van der Waals surface area contributed by atoms with E-state index in [0.717, 1.165) is 35.9 Å². The molecule has 1 atom stereocenters. The molecule has 0 aliphatic heterocycles. The number of amides is 1. The minimum atomic E-state index is 0.0687. The van der Waals surface area contributed by atoms with Crippen LogP contribution in [0.5, 0.6) is 5.75 Å². The Balaban J connectivity index is 1.78. The molecule has 4 nitrogen and oxygen atoms in total. The molecule has 2 rings (SSSR count). The minimum Gasteiger partial charge on any atom is -0.492 e. The van der Waals surface area contributed by atoms with E-state index in [0.29, 0.717) is 19.1 Å². The van der Waals surface area contributed by atoms with Crippen LogP contribution in [0.2, 0.25) is 0 Å². The quantitative estimate of drug-likeness (QED) is 0.754. The van der Waals surface area contributed by atoms with Crippen molar-refractivity contribution in [2.24, 2.45) is 5.73 Å². The van der Waals surface area contributed by atoms with Crippen molar-refractivity contribution < 1.29 is 9.53 Å². The van der Waals surface area contributed by atoms with Crippen molar-refractivity contribution in [1.29, 1.82) is 0 Å². The molecule has 3 N–H and O–H groups in total. The summed E-state index contributed by atoms with van der Waals surface area (Å²) in [7, 11) is 0. The zero-order valence-electron chi connectivity index (χ0n) is 12.4. The Hall–Kier alpha value is -1.07. The van der Waals surface area contributed by atoms with Crippen molar-refractivity contribution >= 4 is 21.8 Å². The number of hydrogen-bond acceptors (Lipinski definition) is 3. The van der Waals surface area contributed by atoms with Gasteiger partial charge in [-0.3, -0.25) is 4.79 Å². The Morgan fingerprint density at radius 1 is 1.52 bits per heavy atom. The second-order valence-electron chi connectivity index (χ2n) is 5.58. The number of hydrogen-bond donors (Lipinski definition) is 2. The van der Waals surface area contributed by atoms with E-state index in [2.05, 4.69) is 28.2 Å². The van der Waals surface area contributed by atoms with Gasteiger partial charge in [-0.1, -0.05) is 13.0 Å². The van der Waals surface area contributed by atoms with Gasteiger partial charge in [-0.05, 0) is 59.3 Å². The van der Waals surface area contributed by atoms with Gasteiger partial charge < -0.3 is 15.8 Å². The lowest BCUT2D eigenvalue weighted by molar-refractivity contribution is -0.121. The number of ether oxygens (including phenoxy) is 1. The molecule has 1 saturated carbocycles. The van der Waals surface area contributed by atoms with Gasteiger partial charge in [0.15, 0.2) is 0 Å². The van der Waals surface area contributed by atoms with Crippen LogP contribution in [0, 0.1) is 0 Å². The van der Waals surface area contributed by atoms with E-state index in [-0.39, 0.29) is 11.9 Å². The monoisotopic (exact) mass is 354 g/mol. The Bertz CT molecular complexity index is 489. The third-order valence-electron chi connectivity index (χ3n) is 3.55. The van der Waals surface area contributed by atoms with Gasteiger partial charge in [0.05, 0.1) is 17.5 Å². The van der Waals surface area contributed by atoms with E-state index in [9.17, 15) is 4.79 Å². The lowest BCUT2D eigenvalue weighted by Crippen LogP contribution is -2.26. The van der Waals surface area contributed by atoms with Gasteiger partial charge in [0.25, 0.3) is 0 Å². The molecule has 0 saturated heterocycles. The lowest BCUT2D eigenvalue weighted by atomic mass is 10.0. The van der Waals surface area contributed by atoms with Crippen molar-refractivity contribution in [3.63, 3.8) is 0 Å². The van der Waals surface area contributed by atoms with E-state index in [1.54, 1.807) is 0 Å². The summed E-state index contributed by atoms with van der Waals surface area (Å²) in [6.07, 6.45) is 4.44. The molecule has 1 amide bonds. The number of nitrogens with two attached hydrogens (primary N) is 1. The van der Waals surface area contributed by atoms with E-state index >= 15 is 0 Å². The highest BCUT2D eigenvalue weighted by Crippen LogP contribution is 2.26. The van der Waals surface area contributed by atoms with Crippen LogP contribution >= 0.6 is 15.9 Å². The number of nitrogens with one attached hydrogen (secondary N) is 1. The van der Waals surface area contributed by atoms with E-state index < -0.39 is 0 Å². The molecule has 1 aromatic carbocycles. The average Bonchev–Trinajstić information content (AvgIpc) is 3.25. The highest BCUT2D eigenvalue weighted by molar-refractivity contribution is 9.10. The molecule has 1 aliphatic carbocycles. The van der Waals surface area contributed by atoms with Gasteiger partial charge in [0, 0.05) is 12.1 Å². The van der Waals surface area contributed by atoms with E-state index in [1.165, 1.54) is 5.56 Å². The molecular weight excluding hydrogens is 332 g/mol. The summed E-state index contributed by atoms with van der Waals surface area (Å²) in [6.45, 7) is 2.48. The largest absolute Gasteiger partial charge is 0.492 e. The Morgan fingerprint density at radius 2 is 2.29 bits per heavy atom. The molecule has 0 radical (unpaired) electrons. The number of carbonyl (C=O) groups excluding carboxylic acids is 1. The standard InChI is InChI=1S/C16H23BrN2O2/c1-2-12(18)9-11-3-6-15(14(17)10-11)21-8-7-16(20)19-13-4-5-13/h3,6,10,12-13H,2,4-5,7-9,18H2,1H3,(H,19,20). The highest BCUT2D eigenvalue weighted by Gasteiger charge is 2.22. The Morgan fingerprint density at radius 3 is 2.90 bits per heavy atom. The summed E-state index contributed by atoms with van der Waals surface area (Å²) in [4.78, 5) is 11.6. The van der Waals surface area contributed by atoms with Gasteiger partial charge in [-0.15, -0.1) is 0 Å². The first-order valence-corrected chi connectivity index (χ1v) is 8.34. The third-order valence-corrected chi connectivity index (χ3v) is 4.17. The molecule has 0 heterocycles. The summed E-state index contributed by atoms with van der Waals surface area (Å²) in [5.41, 5.74) is 7.15. The molecule has 1 unspecified atom stereocenters. The predicted molar refractivity (Wildman–Crippen MR) is 87.4 cm³/mol. The van der Waals surface area contributed by atoms with Gasteiger partial charge in [-0.2, -0.15) is 0 Å². The molecule has 1 aliphatic rings. The van der Waals surface area contributed by atoms with Gasteiger partial charge in [-0.25, -0.2) is 0 Å². The predicted octanol–water partition coefficient (Wildman–Crippen LogP) is 2.78. The maximum atomic E-state index is 11.6. The van der Waals surface area contributed by atoms with Crippen LogP contribution in [-0.2, 0) is 11.2 Å². The average molecular weight is 355 g/mol. The van der Waals surface area contributed by atoms with Gasteiger partial charge in [0.1, 0.15) is 5.75 Å². The number of halogens is 1. The minimum absolute atomic E-state index is 0.0687. The highest BCUT2D eigenvalue weighted by atomic mass is 79.9. The van der Waals surface area contributed by atoms with Crippen LogP contribution in [0.3, 0.4) is 0 Å². The first kappa shape index (κ1) is 16.3. The molecule has 0 bridgehead atoms. The second-order valence-corrected chi connectivity index (χ2v) is 6.43. The molecular formula is C16H23BrN2O2. The van der Waals surface area contributed by atoms with Crippen LogP contribution in [0.4, 0.5) is 0 Å². The summed E-state index contributed by atoms with van der Waals surface area (Å²) in [5.74, 6) is 0.835. The molecule has 21 heavy (non-hydrogen) atoms. The number of benzene rings is 1. The summed E-state index contributed by atoms with van der Waals surface area (Å²) in [6, 6.07) is 6.59. The van der Waals surface area contributed by atoms with Crippen molar-refractivity contribution in [2.75, 3.05) is 6.61 Å². The van der Waals surface area contributed by atoms with E-state index in [1.807, 2.05) is 18.2 Å². The molecule has 116 valence electrons. The second kappa shape index (κ2) is 7.80. The molecule has 1 fully saturated rings. The topological polar surface area (TPSA) is 64.3 Å². The number of rotatable bonds is 8. The fraction of sp³-hybridized carbons (Fsp3) is 0.562. The maximum absolute atomic E-state index is 11.6. The summed E-state index contributed by atoms with van der Waals surface area (Å²) < 4.78 is 6.57. The van der Waals surface area contributed by atoms with Crippen molar-refractivity contribution in [2.45, 2.75) is 51.1 Å². The fourth-order valence-electron chi connectivity index (χ4n) is 2.02. The molecule has 1 aromatic rings.